The number of nitrogens with zero attached hydrogens (tertiary/aromatic N) is 3. The van der Waals surface area contributed by atoms with Crippen LogP contribution in [0.1, 0.15) is 22.4 Å². The van der Waals surface area contributed by atoms with Gasteiger partial charge in [0.15, 0.2) is 5.69 Å². The summed E-state index contributed by atoms with van der Waals surface area (Å²) < 4.78 is 19.4. The summed E-state index contributed by atoms with van der Waals surface area (Å²) in [6, 6.07) is 6.91. The molecule has 9 heteroatoms. The summed E-state index contributed by atoms with van der Waals surface area (Å²) in [5.41, 5.74) is 0.287. The van der Waals surface area contributed by atoms with Crippen molar-refractivity contribution in [3.63, 3.8) is 0 Å². The number of aliphatic hydroxyl groups excluding tert-OH is 1. The van der Waals surface area contributed by atoms with Crippen LogP contribution >= 0.6 is 11.6 Å². The average Bonchev–Trinajstić information content (AvgIpc) is 3.21. The fourth-order valence-electron chi connectivity index (χ4n) is 2.02. The number of aromatic nitrogens is 3. The number of carbonyl (C=O) groups is 1. The third kappa shape index (κ3) is 3.61. The van der Waals surface area contributed by atoms with Crippen LogP contribution in [0.25, 0.3) is 0 Å². The second-order valence-electron chi connectivity index (χ2n) is 4.94. The summed E-state index contributed by atoms with van der Waals surface area (Å²) >= 11 is 5.85. The monoisotopic (exact) mass is 350 g/mol. The van der Waals surface area contributed by atoms with Crippen LogP contribution in [0, 0.1) is 5.82 Å². The molecule has 24 heavy (non-hydrogen) atoms. The molecule has 2 heterocycles. The lowest BCUT2D eigenvalue weighted by molar-refractivity contribution is 0.102. The van der Waals surface area contributed by atoms with Gasteiger partial charge in [0.05, 0.1) is 29.7 Å². The van der Waals surface area contributed by atoms with Crippen molar-refractivity contribution in [1.82, 2.24) is 15.0 Å². The Bertz CT molecular complexity index is 850. The lowest BCUT2D eigenvalue weighted by Crippen LogP contribution is -2.13. The highest BCUT2D eigenvalue weighted by Gasteiger charge is 2.16. The fraction of sp³-hybridized carbons (Fsp3) is 0.133. The standard InChI is InChI=1S/C15H12ClFN4O3/c16-10-6-9(17)3-4-11(10)18-15(23)12-7-21(20-19-12)8-13(22)14-2-1-5-24-14/h1-7,13,22H,8H2,(H,18,23)/t13-/m0/s1. The minimum atomic E-state index is -0.913. The topological polar surface area (TPSA) is 93.2 Å². The van der Waals surface area contributed by atoms with Crippen LogP contribution < -0.4 is 5.32 Å². The van der Waals surface area contributed by atoms with E-state index in [0.717, 1.165) is 6.07 Å². The van der Waals surface area contributed by atoms with Gasteiger partial charge in [0.25, 0.3) is 5.91 Å². The number of amides is 1. The minimum Gasteiger partial charge on any atom is -0.467 e. The number of aliphatic hydroxyl groups is 1. The molecule has 0 saturated heterocycles. The SMILES string of the molecule is O=C(Nc1ccc(F)cc1Cl)c1cn(C[C@H](O)c2ccco2)nn1. The predicted molar refractivity (Wildman–Crippen MR) is 83.1 cm³/mol. The Hall–Kier alpha value is -2.71. The van der Waals surface area contributed by atoms with E-state index in [1.54, 1.807) is 12.1 Å². The van der Waals surface area contributed by atoms with Gasteiger partial charge in [-0.3, -0.25) is 4.79 Å². The van der Waals surface area contributed by atoms with Crippen LogP contribution in [-0.2, 0) is 6.54 Å². The minimum absolute atomic E-state index is 0.0297. The van der Waals surface area contributed by atoms with Crippen molar-refractivity contribution in [2.45, 2.75) is 12.6 Å². The number of benzene rings is 1. The van der Waals surface area contributed by atoms with Crippen molar-refractivity contribution in [2.24, 2.45) is 0 Å². The summed E-state index contributed by atoms with van der Waals surface area (Å²) in [6.07, 6.45) is 1.91. The van der Waals surface area contributed by atoms with E-state index in [0.29, 0.717) is 5.76 Å². The zero-order chi connectivity index (χ0) is 17.1. The van der Waals surface area contributed by atoms with Gasteiger partial charge in [-0.2, -0.15) is 0 Å². The molecule has 124 valence electrons. The highest BCUT2D eigenvalue weighted by Crippen LogP contribution is 2.23. The van der Waals surface area contributed by atoms with Gasteiger partial charge in [-0.25, -0.2) is 9.07 Å². The van der Waals surface area contributed by atoms with Gasteiger partial charge in [0.2, 0.25) is 0 Å². The average molecular weight is 351 g/mol. The van der Waals surface area contributed by atoms with Crippen molar-refractivity contribution in [1.29, 1.82) is 0 Å². The summed E-state index contributed by atoms with van der Waals surface area (Å²) in [7, 11) is 0. The molecule has 3 rings (SSSR count). The van der Waals surface area contributed by atoms with E-state index in [-0.39, 0.29) is 22.9 Å². The molecule has 1 amide bonds. The predicted octanol–water partition coefficient (Wildman–Crippen LogP) is 2.65. The third-order valence-electron chi connectivity index (χ3n) is 3.18. The first-order valence-corrected chi connectivity index (χ1v) is 7.29. The molecular weight excluding hydrogens is 339 g/mol. The van der Waals surface area contributed by atoms with E-state index < -0.39 is 17.8 Å². The lowest BCUT2D eigenvalue weighted by atomic mass is 10.3. The second-order valence-corrected chi connectivity index (χ2v) is 5.34. The van der Waals surface area contributed by atoms with Crippen LogP contribution in [0.4, 0.5) is 10.1 Å². The first-order valence-electron chi connectivity index (χ1n) is 6.91. The number of furan rings is 1. The van der Waals surface area contributed by atoms with Crippen molar-refractivity contribution in [2.75, 3.05) is 5.32 Å². The molecule has 0 aliphatic heterocycles. The van der Waals surface area contributed by atoms with Gasteiger partial charge in [-0.1, -0.05) is 16.8 Å². The molecule has 0 spiro atoms. The molecular formula is C15H12ClFN4O3. The van der Waals surface area contributed by atoms with E-state index in [1.165, 1.54) is 29.3 Å². The molecule has 1 atom stereocenters. The van der Waals surface area contributed by atoms with Crippen LogP contribution in [0.15, 0.2) is 47.2 Å². The number of hydrogen-bond donors (Lipinski definition) is 2. The van der Waals surface area contributed by atoms with Gasteiger partial charge in [-0.05, 0) is 30.3 Å². The number of rotatable bonds is 5. The molecule has 0 fully saturated rings. The molecule has 3 aromatic rings. The largest absolute Gasteiger partial charge is 0.467 e. The molecule has 7 nitrogen and oxygen atoms in total. The molecule has 0 aliphatic rings. The number of hydrogen-bond acceptors (Lipinski definition) is 5. The number of carbonyl (C=O) groups excluding carboxylic acids is 1. The Morgan fingerprint density at radius 3 is 3.00 bits per heavy atom. The maximum absolute atomic E-state index is 13.0. The van der Waals surface area contributed by atoms with E-state index in [1.807, 2.05) is 0 Å². The maximum atomic E-state index is 13.0. The normalized spacial score (nSPS) is 12.1. The van der Waals surface area contributed by atoms with Crippen LogP contribution in [-0.4, -0.2) is 26.0 Å². The summed E-state index contributed by atoms with van der Waals surface area (Å²) in [6.45, 7) is 0.0745. The molecule has 0 aliphatic carbocycles. The van der Waals surface area contributed by atoms with Gasteiger partial charge in [-0.15, -0.1) is 5.10 Å². The molecule has 2 N–H and O–H groups in total. The Morgan fingerprint density at radius 1 is 1.46 bits per heavy atom. The quantitative estimate of drug-likeness (QED) is 0.738. The van der Waals surface area contributed by atoms with Crippen molar-refractivity contribution in [3.8, 4) is 0 Å². The van der Waals surface area contributed by atoms with E-state index in [4.69, 9.17) is 16.0 Å². The molecule has 0 saturated carbocycles. The van der Waals surface area contributed by atoms with Gasteiger partial charge in [0.1, 0.15) is 17.7 Å². The smallest absolute Gasteiger partial charge is 0.277 e. The highest BCUT2D eigenvalue weighted by atomic mass is 35.5. The van der Waals surface area contributed by atoms with Crippen molar-refractivity contribution in [3.05, 3.63) is 65.1 Å². The first-order chi connectivity index (χ1) is 11.5. The molecule has 0 bridgehead atoms. The third-order valence-corrected chi connectivity index (χ3v) is 3.49. The van der Waals surface area contributed by atoms with Gasteiger partial charge < -0.3 is 14.8 Å². The van der Waals surface area contributed by atoms with Crippen molar-refractivity contribution < 1.29 is 18.7 Å². The number of anilines is 1. The maximum Gasteiger partial charge on any atom is 0.277 e. The van der Waals surface area contributed by atoms with E-state index in [2.05, 4.69) is 15.6 Å². The zero-order valence-corrected chi connectivity index (χ0v) is 12.9. The van der Waals surface area contributed by atoms with Crippen LogP contribution in [0.5, 0.6) is 0 Å². The van der Waals surface area contributed by atoms with Crippen LogP contribution in [0.2, 0.25) is 5.02 Å². The second kappa shape index (κ2) is 6.81. The van der Waals surface area contributed by atoms with Gasteiger partial charge in [0, 0.05) is 0 Å². The van der Waals surface area contributed by atoms with Crippen LogP contribution in [0.3, 0.4) is 0 Å². The molecule has 0 radical (unpaired) electrons. The Morgan fingerprint density at radius 2 is 2.29 bits per heavy atom. The summed E-state index contributed by atoms with van der Waals surface area (Å²) in [5, 5.41) is 20.1. The van der Waals surface area contributed by atoms with E-state index >= 15 is 0 Å². The molecule has 0 unspecified atom stereocenters. The fourth-order valence-corrected chi connectivity index (χ4v) is 2.23. The molecule has 2 aromatic heterocycles. The van der Waals surface area contributed by atoms with E-state index in [9.17, 15) is 14.3 Å². The zero-order valence-electron chi connectivity index (χ0n) is 12.2. The highest BCUT2D eigenvalue weighted by molar-refractivity contribution is 6.33. The summed E-state index contributed by atoms with van der Waals surface area (Å²) in [4.78, 5) is 12.1. The Balaban J connectivity index is 1.67. The first kappa shape index (κ1) is 16.2. The lowest BCUT2D eigenvalue weighted by Gasteiger charge is -2.06. The number of nitrogens with one attached hydrogen (secondary N) is 1. The summed E-state index contributed by atoms with van der Waals surface area (Å²) in [5.74, 6) is -0.673. The molecule has 1 aromatic carbocycles. The Kier molecular flexibility index (Phi) is 4.59. The van der Waals surface area contributed by atoms with Crippen molar-refractivity contribution >= 4 is 23.2 Å². The number of halogens is 2. The van der Waals surface area contributed by atoms with Gasteiger partial charge >= 0.3 is 0 Å². The Labute approximate surface area is 140 Å².